The van der Waals surface area contributed by atoms with Crippen molar-refractivity contribution in [3.8, 4) is 0 Å². The minimum atomic E-state index is -0.00521. The van der Waals surface area contributed by atoms with Gasteiger partial charge < -0.3 is 20.4 Å². The molecule has 2 aromatic heterocycles. The van der Waals surface area contributed by atoms with Gasteiger partial charge in [-0.25, -0.2) is 4.98 Å². The Kier molecular flexibility index (Phi) is 4.57. The van der Waals surface area contributed by atoms with E-state index in [0.29, 0.717) is 13.1 Å². The molecule has 6 nitrogen and oxygen atoms in total. The van der Waals surface area contributed by atoms with Crippen LogP contribution in [0.4, 0.5) is 5.82 Å². The predicted octanol–water partition coefficient (Wildman–Crippen LogP) is 0.755. The SMILES string of the molecule is CCCNC(=O)CN(C)c1nc2ccccn2c1CN. The molecule has 0 aromatic carbocycles. The summed E-state index contributed by atoms with van der Waals surface area (Å²) in [6, 6.07) is 5.79. The van der Waals surface area contributed by atoms with Crippen molar-refractivity contribution in [2.45, 2.75) is 19.9 Å². The number of fused-ring (bicyclic) bond motifs is 1. The Morgan fingerprint density at radius 2 is 2.30 bits per heavy atom. The lowest BCUT2D eigenvalue weighted by molar-refractivity contribution is -0.119. The fraction of sp³-hybridized carbons (Fsp3) is 0.429. The molecule has 0 fully saturated rings. The molecule has 2 rings (SSSR count). The van der Waals surface area contributed by atoms with Crippen LogP contribution < -0.4 is 16.0 Å². The van der Waals surface area contributed by atoms with Crippen LogP contribution in [0.25, 0.3) is 5.65 Å². The summed E-state index contributed by atoms with van der Waals surface area (Å²) < 4.78 is 1.95. The monoisotopic (exact) mass is 275 g/mol. The second-order valence-electron chi connectivity index (χ2n) is 4.72. The number of amides is 1. The van der Waals surface area contributed by atoms with E-state index in [9.17, 15) is 4.79 Å². The molecule has 0 spiro atoms. The van der Waals surface area contributed by atoms with Crippen molar-refractivity contribution >= 4 is 17.4 Å². The van der Waals surface area contributed by atoms with Gasteiger partial charge >= 0.3 is 0 Å². The molecule has 0 radical (unpaired) electrons. The number of pyridine rings is 1. The van der Waals surface area contributed by atoms with Gasteiger partial charge in [0.2, 0.25) is 5.91 Å². The smallest absolute Gasteiger partial charge is 0.239 e. The minimum Gasteiger partial charge on any atom is -0.355 e. The molecular weight excluding hydrogens is 254 g/mol. The van der Waals surface area contributed by atoms with Gasteiger partial charge in [-0.05, 0) is 18.6 Å². The Hall–Kier alpha value is -2.08. The second kappa shape index (κ2) is 6.38. The van der Waals surface area contributed by atoms with E-state index in [-0.39, 0.29) is 12.5 Å². The first kappa shape index (κ1) is 14.3. The van der Waals surface area contributed by atoms with Crippen LogP contribution in [0.5, 0.6) is 0 Å². The Morgan fingerprint density at radius 1 is 1.50 bits per heavy atom. The summed E-state index contributed by atoms with van der Waals surface area (Å²) in [4.78, 5) is 18.2. The largest absolute Gasteiger partial charge is 0.355 e. The summed E-state index contributed by atoms with van der Waals surface area (Å²) >= 11 is 0. The molecule has 2 aromatic rings. The van der Waals surface area contributed by atoms with Crippen LogP contribution in [0, 0.1) is 0 Å². The average molecular weight is 275 g/mol. The topological polar surface area (TPSA) is 75.7 Å². The molecular formula is C14H21N5O. The van der Waals surface area contributed by atoms with Gasteiger partial charge in [0.1, 0.15) is 5.65 Å². The first-order chi connectivity index (χ1) is 9.67. The van der Waals surface area contributed by atoms with Crippen LogP contribution in [0.3, 0.4) is 0 Å². The number of carbonyl (C=O) groups is 1. The van der Waals surface area contributed by atoms with E-state index >= 15 is 0 Å². The number of likely N-dealkylation sites (N-methyl/N-ethyl adjacent to an activating group) is 1. The summed E-state index contributed by atoms with van der Waals surface area (Å²) in [5.41, 5.74) is 7.57. The van der Waals surface area contributed by atoms with Crippen LogP contribution in [0.1, 0.15) is 19.0 Å². The summed E-state index contributed by atoms with van der Waals surface area (Å²) in [5, 5.41) is 2.86. The Labute approximate surface area is 118 Å². The zero-order chi connectivity index (χ0) is 14.5. The zero-order valence-corrected chi connectivity index (χ0v) is 12.0. The van der Waals surface area contributed by atoms with Gasteiger partial charge in [0.25, 0.3) is 0 Å². The average Bonchev–Trinajstić information content (AvgIpc) is 2.83. The van der Waals surface area contributed by atoms with E-state index < -0.39 is 0 Å². The molecule has 3 N–H and O–H groups in total. The van der Waals surface area contributed by atoms with Gasteiger partial charge in [0, 0.05) is 26.3 Å². The highest BCUT2D eigenvalue weighted by Gasteiger charge is 2.16. The third-order valence-electron chi connectivity index (χ3n) is 3.12. The van der Waals surface area contributed by atoms with Gasteiger partial charge in [-0.2, -0.15) is 0 Å². The molecule has 0 saturated carbocycles. The highest BCUT2D eigenvalue weighted by Crippen LogP contribution is 2.20. The fourth-order valence-corrected chi connectivity index (χ4v) is 2.14. The summed E-state index contributed by atoms with van der Waals surface area (Å²) in [6.45, 7) is 3.37. The Balaban J connectivity index is 2.21. The standard InChI is InChI=1S/C14H21N5O/c1-3-7-16-13(20)10-18(2)14-11(9-15)19-8-5-4-6-12(19)17-14/h4-6,8H,3,7,9-10,15H2,1-2H3,(H,16,20). The van der Waals surface area contributed by atoms with E-state index in [1.54, 1.807) is 0 Å². The molecule has 108 valence electrons. The lowest BCUT2D eigenvalue weighted by atomic mass is 10.3. The van der Waals surface area contributed by atoms with Crippen LogP contribution >= 0.6 is 0 Å². The number of anilines is 1. The van der Waals surface area contributed by atoms with Crippen LogP contribution in [-0.2, 0) is 11.3 Å². The number of hydrogen-bond donors (Lipinski definition) is 2. The molecule has 0 aliphatic carbocycles. The zero-order valence-electron chi connectivity index (χ0n) is 12.0. The highest BCUT2D eigenvalue weighted by atomic mass is 16.2. The van der Waals surface area contributed by atoms with Crippen LogP contribution in [0.2, 0.25) is 0 Å². The van der Waals surface area contributed by atoms with Crippen molar-refractivity contribution < 1.29 is 4.79 Å². The van der Waals surface area contributed by atoms with Crippen molar-refractivity contribution in [3.63, 3.8) is 0 Å². The van der Waals surface area contributed by atoms with E-state index in [0.717, 1.165) is 23.6 Å². The number of rotatable bonds is 6. The summed E-state index contributed by atoms with van der Waals surface area (Å²) in [6.07, 6.45) is 2.86. The first-order valence-electron chi connectivity index (χ1n) is 6.81. The van der Waals surface area contributed by atoms with Crippen molar-refractivity contribution in [2.75, 3.05) is 25.0 Å². The maximum atomic E-state index is 11.8. The second-order valence-corrected chi connectivity index (χ2v) is 4.72. The molecule has 20 heavy (non-hydrogen) atoms. The lowest BCUT2D eigenvalue weighted by Crippen LogP contribution is -2.36. The summed E-state index contributed by atoms with van der Waals surface area (Å²) in [7, 11) is 1.85. The van der Waals surface area contributed by atoms with Crippen molar-refractivity contribution in [1.29, 1.82) is 0 Å². The molecule has 0 aliphatic rings. The number of imidazole rings is 1. The molecule has 2 heterocycles. The number of nitrogens with one attached hydrogen (secondary N) is 1. The normalized spacial score (nSPS) is 10.8. The van der Waals surface area contributed by atoms with E-state index in [2.05, 4.69) is 10.3 Å². The van der Waals surface area contributed by atoms with Crippen molar-refractivity contribution in [2.24, 2.45) is 5.73 Å². The molecule has 0 saturated heterocycles. The lowest BCUT2D eigenvalue weighted by Gasteiger charge is -2.17. The number of nitrogens with two attached hydrogens (primary N) is 1. The third kappa shape index (κ3) is 2.91. The van der Waals surface area contributed by atoms with Gasteiger partial charge in [-0.15, -0.1) is 0 Å². The summed E-state index contributed by atoms with van der Waals surface area (Å²) in [5.74, 6) is 0.750. The minimum absolute atomic E-state index is 0.00521. The van der Waals surface area contributed by atoms with E-state index in [4.69, 9.17) is 5.73 Å². The fourth-order valence-electron chi connectivity index (χ4n) is 2.14. The maximum absolute atomic E-state index is 11.8. The van der Waals surface area contributed by atoms with Gasteiger partial charge in [0.05, 0.1) is 12.2 Å². The quantitative estimate of drug-likeness (QED) is 0.816. The van der Waals surface area contributed by atoms with Gasteiger partial charge in [-0.3, -0.25) is 4.79 Å². The van der Waals surface area contributed by atoms with Crippen molar-refractivity contribution in [1.82, 2.24) is 14.7 Å². The first-order valence-corrected chi connectivity index (χ1v) is 6.81. The Morgan fingerprint density at radius 3 is 3.00 bits per heavy atom. The van der Waals surface area contributed by atoms with E-state index in [1.165, 1.54) is 0 Å². The van der Waals surface area contributed by atoms with Gasteiger partial charge in [-0.1, -0.05) is 13.0 Å². The van der Waals surface area contributed by atoms with Crippen LogP contribution in [0.15, 0.2) is 24.4 Å². The number of aromatic nitrogens is 2. The molecule has 0 unspecified atom stereocenters. The molecule has 0 bridgehead atoms. The van der Waals surface area contributed by atoms with Crippen LogP contribution in [-0.4, -0.2) is 35.4 Å². The predicted molar refractivity (Wildman–Crippen MR) is 79.7 cm³/mol. The third-order valence-corrected chi connectivity index (χ3v) is 3.12. The number of carbonyl (C=O) groups excluding carboxylic acids is 1. The van der Waals surface area contributed by atoms with E-state index in [1.807, 2.05) is 47.7 Å². The maximum Gasteiger partial charge on any atom is 0.239 e. The molecule has 6 heteroatoms. The number of nitrogens with zero attached hydrogens (tertiary/aromatic N) is 3. The highest BCUT2D eigenvalue weighted by molar-refractivity contribution is 5.81. The number of hydrogen-bond acceptors (Lipinski definition) is 4. The van der Waals surface area contributed by atoms with Gasteiger partial charge in [0.15, 0.2) is 5.82 Å². The van der Waals surface area contributed by atoms with Crippen molar-refractivity contribution in [3.05, 3.63) is 30.1 Å². The Bertz CT molecular complexity index is 592. The molecule has 0 atom stereocenters. The molecule has 0 aliphatic heterocycles. The molecule has 1 amide bonds.